The Kier molecular flexibility index (Phi) is 5.42. The van der Waals surface area contributed by atoms with Crippen LogP contribution in [0.4, 0.5) is 0 Å². The van der Waals surface area contributed by atoms with Crippen molar-refractivity contribution in [3.63, 3.8) is 0 Å². The molecule has 0 bridgehead atoms. The summed E-state index contributed by atoms with van der Waals surface area (Å²) in [7, 11) is 0. The molecule has 0 radical (unpaired) electrons. The van der Waals surface area contributed by atoms with Crippen molar-refractivity contribution < 1.29 is 9.53 Å². The monoisotopic (exact) mass is 307 g/mol. The number of ether oxygens (including phenoxy) is 1. The van der Waals surface area contributed by atoms with Gasteiger partial charge in [0.15, 0.2) is 0 Å². The predicted octanol–water partition coefficient (Wildman–Crippen LogP) is -0.640. The molecule has 22 heavy (non-hydrogen) atoms. The fraction of sp³-hybridized carbons (Fsp3) is 0.733. The van der Waals surface area contributed by atoms with E-state index in [0.29, 0.717) is 19.8 Å². The van der Waals surface area contributed by atoms with Gasteiger partial charge in [-0.15, -0.1) is 0 Å². The summed E-state index contributed by atoms with van der Waals surface area (Å²) in [6, 6.07) is 0. The number of aromatic nitrogens is 2. The molecule has 2 saturated heterocycles. The van der Waals surface area contributed by atoms with Crippen molar-refractivity contribution in [2.24, 2.45) is 0 Å². The van der Waals surface area contributed by atoms with Gasteiger partial charge >= 0.3 is 0 Å². The Bertz CT molecular complexity index is 451. The molecule has 3 heterocycles. The lowest BCUT2D eigenvalue weighted by Crippen LogP contribution is -2.51. The predicted molar refractivity (Wildman–Crippen MR) is 82.5 cm³/mol. The van der Waals surface area contributed by atoms with E-state index in [0.717, 1.165) is 52.4 Å². The molecule has 122 valence electrons. The Morgan fingerprint density at radius 2 is 1.73 bits per heavy atom. The summed E-state index contributed by atoms with van der Waals surface area (Å²) in [5.74, 6) is 0.246. The van der Waals surface area contributed by atoms with E-state index in [1.54, 1.807) is 0 Å². The molecule has 7 heteroatoms. The first kappa shape index (κ1) is 15.5. The zero-order valence-corrected chi connectivity index (χ0v) is 13.1. The average Bonchev–Trinajstić information content (AvgIpc) is 3.08. The van der Waals surface area contributed by atoms with Crippen molar-refractivity contribution in [2.75, 3.05) is 65.6 Å². The van der Waals surface area contributed by atoms with Gasteiger partial charge in [-0.05, 0) is 0 Å². The molecule has 3 rings (SSSR count). The van der Waals surface area contributed by atoms with E-state index in [1.165, 1.54) is 0 Å². The maximum atomic E-state index is 12.2. The Hall–Kier alpha value is -1.44. The number of carbonyl (C=O) groups is 1. The van der Waals surface area contributed by atoms with Crippen molar-refractivity contribution in [3.05, 3.63) is 18.7 Å². The number of imidazole rings is 1. The minimum Gasteiger partial charge on any atom is -0.378 e. The van der Waals surface area contributed by atoms with Crippen molar-refractivity contribution in [2.45, 2.75) is 6.54 Å². The third-order valence-electron chi connectivity index (χ3n) is 4.42. The minimum atomic E-state index is 0.246. The molecule has 7 nitrogen and oxygen atoms in total. The average molecular weight is 307 g/mol. The third kappa shape index (κ3) is 4.28. The Labute approximate surface area is 131 Å². The highest BCUT2D eigenvalue weighted by atomic mass is 16.5. The highest BCUT2D eigenvalue weighted by molar-refractivity contribution is 5.78. The van der Waals surface area contributed by atoms with Gasteiger partial charge in [0.1, 0.15) is 0 Å². The molecule has 0 spiro atoms. The summed E-state index contributed by atoms with van der Waals surface area (Å²) in [6.07, 6.45) is 5.67. The lowest BCUT2D eigenvalue weighted by atomic mass is 10.3. The highest BCUT2D eigenvalue weighted by Crippen LogP contribution is 2.04. The van der Waals surface area contributed by atoms with Crippen LogP contribution in [-0.2, 0) is 16.1 Å². The molecule has 1 amide bonds. The number of hydrogen-bond acceptors (Lipinski definition) is 5. The molecular weight excluding hydrogens is 282 g/mol. The molecule has 0 N–H and O–H groups in total. The lowest BCUT2D eigenvalue weighted by Gasteiger charge is -2.36. The maximum Gasteiger partial charge on any atom is 0.236 e. The number of hydrogen-bond donors (Lipinski definition) is 0. The zero-order chi connectivity index (χ0) is 15.2. The second-order valence-electron chi connectivity index (χ2n) is 5.91. The van der Waals surface area contributed by atoms with Gasteiger partial charge in [-0.2, -0.15) is 0 Å². The largest absolute Gasteiger partial charge is 0.378 e. The van der Waals surface area contributed by atoms with Crippen LogP contribution in [0.5, 0.6) is 0 Å². The first-order valence-corrected chi connectivity index (χ1v) is 8.07. The zero-order valence-electron chi connectivity index (χ0n) is 13.1. The molecule has 0 atom stereocenters. The second kappa shape index (κ2) is 7.71. The number of carbonyl (C=O) groups excluding carboxylic acids is 1. The lowest BCUT2D eigenvalue weighted by molar-refractivity contribution is -0.136. The number of nitrogens with zero attached hydrogens (tertiary/aromatic N) is 5. The highest BCUT2D eigenvalue weighted by Gasteiger charge is 2.22. The van der Waals surface area contributed by atoms with Gasteiger partial charge in [0.05, 0.1) is 26.1 Å². The van der Waals surface area contributed by atoms with Gasteiger partial charge in [0, 0.05) is 64.8 Å². The number of morpholine rings is 1. The molecule has 2 aliphatic rings. The first-order valence-electron chi connectivity index (χ1n) is 8.07. The third-order valence-corrected chi connectivity index (χ3v) is 4.42. The standard InChI is InChI=1S/C15H25N5O2/c21-15(20-9-11-22-12-10-20)13-18-6-3-17(4-7-18)5-8-19-2-1-16-14-19/h1-2,14H,3-13H2. The van der Waals surface area contributed by atoms with Gasteiger partial charge in [-0.25, -0.2) is 4.98 Å². The molecule has 1 aromatic heterocycles. The normalized spacial score (nSPS) is 21.2. The number of piperazine rings is 1. The van der Waals surface area contributed by atoms with Crippen LogP contribution in [-0.4, -0.2) is 95.7 Å². The molecule has 0 aliphatic carbocycles. The van der Waals surface area contributed by atoms with Gasteiger partial charge in [-0.3, -0.25) is 14.6 Å². The summed E-state index contributed by atoms with van der Waals surface area (Å²) in [4.78, 5) is 22.9. The summed E-state index contributed by atoms with van der Waals surface area (Å²) in [5.41, 5.74) is 0. The van der Waals surface area contributed by atoms with Crippen LogP contribution in [0.2, 0.25) is 0 Å². The van der Waals surface area contributed by atoms with Crippen molar-refractivity contribution in [3.8, 4) is 0 Å². The Balaban J connectivity index is 1.35. The number of amides is 1. The van der Waals surface area contributed by atoms with Crippen LogP contribution in [0.1, 0.15) is 0 Å². The first-order chi connectivity index (χ1) is 10.8. The summed E-state index contributed by atoms with van der Waals surface area (Å²) in [5, 5.41) is 0. The fourth-order valence-corrected chi connectivity index (χ4v) is 2.95. The van der Waals surface area contributed by atoms with E-state index in [4.69, 9.17) is 4.74 Å². The van der Waals surface area contributed by atoms with Crippen LogP contribution in [0, 0.1) is 0 Å². The smallest absolute Gasteiger partial charge is 0.236 e. The van der Waals surface area contributed by atoms with Crippen LogP contribution >= 0.6 is 0 Å². The Morgan fingerprint density at radius 3 is 2.41 bits per heavy atom. The van der Waals surface area contributed by atoms with E-state index in [-0.39, 0.29) is 5.91 Å². The van der Waals surface area contributed by atoms with Gasteiger partial charge in [0.25, 0.3) is 0 Å². The van der Waals surface area contributed by atoms with Crippen molar-refractivity contribution in [1.29, 1.82) is 0 Å². The molecule has 0 unspecified atom stereocenters. The Morgan fingerprint density at radius 1 is 1.00 bits per heavy atom. The SMILES string of the molecule is O=C(CN1CCN(CCn2ccnc2)CC1)N1CCOCC1. The quantitative estimate of drug-likeness (QED) is 0.724. The van der Waals surface area contributed by atoms with Gasteiger partial charge in [0.2, 0.25) is 5.91 Å². The number of rotatable bonds is 5. The second-order valence-corrected chi connectivity index (χ2v) is 5.91. The van der Waals surface area contributed by atoms with E-state index in [9.17, 15) is 4.79 Å². The van der Waals surface area contributed by atoms with Crippen LogP contribution in [0.3, 0.4) is 0 Å². The summed E-state index contributed by atoms with van der Waals surface area (Å²) >= 11 is 0. The van der Waals surface area contributed by atoms with Crippen molar-refractivity contribution >= 4 is 5.91 Å². The molecule has 2 aliphatic heterocycles. The van der Waals surface area contributed by atoms with Crippen molar-refractivity contribution in [1.82, 2.24) is 24.3 Å². The fourth-order valence-electron chi connectivity index (χ4n) is 2.95. The van der Waals surface area contributed by atoms with Crippen LogP contribution < -0.4 is 0 Å². The molecular formula is C15H25N5O2. The van der Waals surface area contributed by atoms with Crippen LogP contribution in [0.15, 0.2) is 18.7 Å². The van der Waals surface area contributed by atoms with Crippen LogP contribution in [0.25, 0.3) is 0 Å². The van der Waals surface area contributed by atoms with E-state index < -0.39 is 0 Å². The topological polar surface area (TPSA) is 53.8 Å². The van der Waals surface area contributed by atoms with E-state index in [2.05, 4.69) is 19.4 Å². The van der Waals surface area contributed by atoms with Gasteiger partial charge in [-0.1, -0.05) is 0 Å². The maximum absolute atomic E-state index is 12.2. The summed E-state index contributed by atoms with van der Waals surface area (Å²) < 4.78 is 7.40. The molecule has 0 aromatic carbocycles. The minimum absolute atomic E-state index is 0.246. The molecule has 2 fully saturated rings. The molecule has 0 saturated carbocycles. The molecule has 1 aromatic rings. The van der Waals surface area contributed by atoms with E-state index >= 15 is 0 Å². The van der Waals surface area contributed by atoms with Gasteiger partial charge < -0.3 is 14.2 Å². The van der Waals surface area contributed by atoms with E-state index in [1.807, 2.05) is 23.6 Å². The summed E-state index contributed by atoms with van der Waals surface area (Å²) in [6.45, 7) is 9.41.